The van der Waals surface area contributed by atoms with E-state index in [1.807, 2.05) is 58.3 Å². The number of hydrogen-bond acceptors (Lipinski definition) is 5. The lowest BCUT2D eigenvalue weighted by molar-refractivity contribution is -0.143. The molecule has 1 saturated heterocycles. The minimum atomic E-state index is -0.631. The number of benzene rings is 2. The Morgan fingerprint density at radius 2 is 1.80 bits per heavy atom. The number of aryl methyl sites for hydroxylation is 2. The second-order valence-corrected chi connectivity index (χ2v) is 13.5. The molecule has 3 aliphatic rings. The smallest absolute Gasteiger partial charge is 0.248 e. The molecular formula is C37H41ClN6O2. The van der Waals surface area contributed by atoms with Crippen LogP contribution in [0.15, 0.2) is 79.5 Å². The summed E-state index contributed by atoms with van der Waals surface area (Å²) >= 11 is 6.47. The third kappa shape index (κ3) is 6.74. The molecule has 7 rings (SSSR count). The maximum Gasteiger partial charge on any atom is 0.248 e. The van der Waals surface area contributed by atoms with Crippen molar-refractivity contribution in [2.75, 3.05) is 25.0 Å². The van der Waals surface area contributed by atoms with Gasteiger partial charge >= 0.3 is 0 Å². The van der Waals surface area contributed by atoms with Crippen molar-refractivity contribution in [3.05, 3.63) is 112 Å². The van der Waals surface area contributed by atoms with Gasteiger partial charge in [-0.25, -0.2) is 4.98 Å². The van der Waals surface area contributed by atoms with Crippen LogP contribution in [0, 0.1) is 5.92 Å². The molecular weight excluding hydrogens is 596 g/mol. The number of anilines is 1. The molecule has 0 spiro atoms. The van der Waals surface area contributed by atoms with Gasteiger partial charge in [-0.3, -0.25) is 19.5 Å². The number of carbonyl (C=O) groups excluding carboxylic acids is 2. The fraction of sp³-hybridized carbons (Fsp3) is 0.405. The van der Waals surface area contributed by atoms with Crippen molar-refractivity contribution in [1.29, 1.82) is 0 Å². The van der Waals surface area contributed by atoms with E-state index in [2.05, 4.69) is 33.4 Å². The van der Waals surface area contributed by atoms with Crippen molar-refractivity contribution in [3.63, 3.8) is 0 Å². The normalized spacial score (nSPS) is 20.4. The average molecular weight is 637 g/mol. The van der Waals surface area contributed by atoms with Crippen LogP contribution in [0.1, 0.15) is 72.5 Å². The number of nitrogens with zero attached hydrogens (tertiary/aromatic N) is 5. The standard InChI is InChI=1S/C37H41ClN6O2/c38-30-13-14-32-29(22-30)12-11-28-9-5-15-40-35(28)36(32)43-18-19-44(34(45)21-26-6-2-1-3-7-26)33(24-43)37(46)41-31-10-4-8-27(20-31)23-42-17-16-39-25-42/h4-5,8-10,13-17,20,22,25-26,33,36H,1-3,6-7,11-12,18-19,21,23-24H2,(H,41,46). The van der Waals surface area contributed by atoms with E-state index in [-0.39, 0.29) is 17.9 Å². The number of piperazine rings is 1. The van der Waals surface area contributed by atoms with Crippen molar-refractivity contribution in [3.8, 4) is 0 Å². The molecule has 2 fully saturated rings. The maximum atomic E-state index is 14.3. The number of rotatable bonds is 7. The molecule has 0 radical (unpaired) electrons. The van der Waals surface area contributed by atoms with Gasteiger partial charge in [-0.1, -0.05) is 55.1 Å². The molecule has 2 amide bonds. The van der Waals surface area contributed by atoms with Crippen molar-refractivity contribution < 1.29 is 9.59 Å². The Labute approximate surface area is 275 Å². The zero-order valence-corrected chi connectivity index (χ0v) is 26.9. The fourth-order valence-corrected chi connectivity index (χ4v) is 7.83. The molecule has 8 nitrogen and oxygen atoms in total. The van der Waals surface area contributed by atoms with E-state index in [1.54, 1.807) is 12.5 Å². The van der Waals surface area contributed by atoms with Gasteiger partial charge in [-0.15, -0.1) is 0 Å². The van der Waals surface area contributed by atoms with Gasteiger partial charge in [0.1, 0.15) is 6.04 Å². The summed E-state index contributed by atoms with van der Waals surface area (Å²) in [7, 11) is 0. The van der Waals surface area contributed by atoms with Crippen molar-refractivity contribution in [2.45, 2.75) is 70.0 Å². The molecule has 4 aromatic rings. The molecule has 2 aromatic carbocycles. The minimum absolute atomic E-state index is 0.0899. The number of carbonyl (C=O) groups is 2. The lowest BCUT2D eigenvalue weighted by atomic mass is 9.86. The lowest BCUT2D eigenvalue weighted by Gasteiger charge is -2.44. The van der Waals surface area contributed by atoms with Crippen LogP contribution in [0.5, 0.6) is 0 Å². The first-order valence-electron chi connectivity index (χ1n) is 16.6. The Morgan fingerprint density at radius 1 is 0.935 bits per heavy atom. The van der Waals surface area contributed by atoms with E-state index in [1.165, 1.54) is 36.0 Å². The van der Waals surface area contributed by atoms with Crippen LogP contribution in [0.25, 0.3) is 0 Å². The van der Waals surface area contributed by atoms with Crippen molar-refractivity contribution >= 4 is 29.1 Å². The largest absolute Gasteiger partial charge is 0.333 e. The Kier molecular flexibility index (Phi) is 9.17. The van der Waals surface area contributed by atoms with Crippen LogP contribution in [-0.2, 0) is 29.0 Å². The first-order valence-corrected chi connectivity index (χ1v) is 17.0. The highest BCUT2D eigenvalue weighted by Crippen LogP contribution is 2.38. The van der Waals surface area contributed by atoms with Gasteiger partial charge in [0.15, 0.2) is 0 Å². The van der Waals surface area contributed by atoms with Crippen LogP contribution in [0.2, 0.25) is 5.02 Å². The number of halogens is 1. The molecule has 238 valence electrons. The Balaban J connectivity index is 1.18. The number of fused-ring (bicyclic) bond motifs is 2. The third-order valence-electron chi connectivity index (χ3n) is 9.96. The second kappa shape index (κ2) is 13.8. The third-order valence-corrected chi connectivity index (χ3v) is 10.2. The summed E-state index contributed by atoms with van der Waals surface area (Å²) in [6, 6.07) is 17.4. The number of aromatic nitrogens is 3. The molecule has 2 atom stereocenters. The van der Waals surface area contributed by atoms with Gasteiger partial charge in [0.25, 0.3) is 0 Å². The summed E-state index contributed by atoms with van der Waals surface area (Å²) in [4.78, 5) is 41.4. The van der Waals surface area contributed by atoms with E-state index < -0.39 is 6.04 Å². The van der Waals surface area contributed by atoms with Crippen LogP contribution in [-0.4, -0.2) is 61.8 Å². The van der Waals surface area contributed by atoms with Crippen molar-refractivity contribution in [2.24, 2.45) is 5.92 Å². The first-order chi connectivity index (χ1) is 22.5. The number of pyridine rings is 1. The summed E-state index contributed by atoms with van der Waals surface area (Å²) in [5.41, 5.74) is 6.41. The van der Waals surface area contributed by atoms with Crippen LogP contribution in [0.4, 0.5) is 5.69 Å². The fourth-order valence-electron chi connectivity index (χ4n) is 7.63. The monoisotopic (exact) mass is 636 g/mol. The Bertz CT molecular complexity index is 1680. The van der Waals surface area contributed by atoms with Crippen LogP contribution < -0.4 is 5.32 Å². The highest BCUT2D eigenvalue weighted by Gasteiger charge is 2.40. The number of hydrogen-bond donors (Lipinski definition) is 1. The van der Waals surface area contributed by atoms with Gasteiger partial charge < -0.3 is 14.8 Å². The molecule has 1 saturated carbocycles. The first kappa shape index (κ1) is 30.6. The highest BCUT2D eigenvalue weighted by molar-refractivity contribution is 6.30. The van der Waals surface area contributed by atoms with E-state index in [0.29, 0.717) is 38.5 Å². The van der Waals surface area contributed by atoms with Gasteiger partial charge in [-0.2, -0.15) is 0 Å². The second-order valence-electron chi connectivity index (χ2n) is 13.0. The van der Waals surface area contributed by atoms with Crippen LogP contribution in [0.3, 0.4) is 0 Å². The molecule has 46 heavy (non-hydrogen) atoms. The average Bonchev–Trinajstić information content (AvgIpc) is 3.53. The molecule has 2 aromatic heterocycles. The molecule has 1 aliphatic heterocycles. The lowest BCUT2D eigenvalue weighted by Crippen LogP contribution is -2.60. The van der Waals surface area contributed by atoms with E-state index in [0.717, 1.165) is 47.7 Å². The van der Waals surface area contributed by atoms with Gasteiger partial charge in [0, 0.05) is 61.9 Å². The minimum Gasteiger partial charge on any atom is -0.333 e. The summed E-state index contributed by atoms with van der Waals surface area (Å²) in [5.74, 6) is 0.331. The van der Waals surface area contributed by atoms with Gasteiger partial charge in [0.05, 0.1) is 18.1 Å². The van der Waals surface area contributed by atoms with Gasteiger partial charge in [-0.05, 0) is 84.2 Å². The summed E-state index contributed by atoms with van der Waals surface area (Å²) in [6.07, 6.45) is 15.4. The Hall–Kier alpha value is -4.01. The number of imidazole rings is 1. The van der Waals surface area contributed by atoms with Crippen LogP contribution >= 0.6 is 11.6 Å². The van der Waals surface area contributed by atoms with E-state index >= 15 is 0 Å². The quantitative estimate of drug-likeness (QED) is 0.258. The molecule has 1 N–H and O–H groups in total. The predicted molar refractivity (Wildman–Crippen MR) is 180 cm³/mol. The predicted octanol–water partition coefficient (Wildman–Crippen LogP) is 6.29. The number of amides is 2. The maximum absolute atomic E-state index is 14.3. The Morgan fingerprint density at radius 3 is 2.65 bits per heavy atom. The van der Waals surface area contributed by atoms with Crippen molar-refractivity contribution in [1.82, 2.24) is 24.3 Å². The molecule has 2 aliphatic carbocycles. The zero-order chi connectivity index (χ0) is 31.5. The summed E-state index contributed by atoms with van der Waals surface area (Å²) in [5, 5.41) is 3.91. The summed E-state index contributed by atoms with van der Waals surface area (Å²) < 4.78 is 2.00. The molecule has 0 bridgehead atoms. The van der Waals surface area contributed by atoms with E-state index in [9.17, 15) is 9.59 Å². The van der Waals surface area contributed by atoms with Gasteiger partial charge in [0.2, 0.25) is 11.8 Å². The zero-order valence-electron chi connectivity index (χ0n) is 26.2. The molecule has 2 unspecified atom stereocenters. The summed E-state index contributed by atoms with van der Waals surface area (Å²) in [6.45, 7) is 2.22. The molecule has 3 heterocycles. The van der Waals surface area contributed by atoms with E-state index in [4.69, 9.17) is 16.6 Å². The highest BCUT2D eigenvalue weighted by atomic mass is 35.5. The topological polar surface area (TPSA) is 83.4 Å². The molecule has 9 heteroatoms. The number of nitrogens with one attached hydrogen (secondary N) is 1. The SMILES string of the molecule is O=C(Nc1cccc(Cn2ccnc2)c1)C1CN(C2c3ccc(Cl)cc3CCc3cccnc32)CCN1C(=O)CC1CCCCC1.